The molecule has 0 aliphatic rings. The Labute approximate surface area is 148 Å². The SMILES string of the molecule is C/C(=N\NC(=O)c1sc2cc(C)ccc2c1Cl)c1ccccc1O. The Morgan fingerprint density at radius 1 is 1.25 bits per heavy atom. The van der Waals surface area contributed by atoms with E-state index in [1.54, 1.807) is 31.2 Å². The molecule has 3 aromatic rings. The largest absolute Gasteiger partial charge is 0.507 e. The Kier molecular flexibility index (Phi) is 4.55. The summed E-state index contributed by atoms with van der Waals surface area (Å²) in [5.41, 5.74) is 4.69. The number of amides is 1. The second kappa shape index (κ2) is 6.63. The summed E-state index contributed by atoms with van der Waals surface area (Å²) in [6, 6.07) is 12.7. The van der Waals surface area contributed by atoms with E-state index in [4.69, 9.17) is 11.6 Å². The van der Waals surface area contributed by atoms with Crippen molar-refractivity contribution in [3.8, 4) is 5.75 Å². The van der Waals surface area contributed by atoms with Crippen LogP contribution in [-0.4, -0.2) is 16.7 Å². The molecule has 0 aliphatic carbocycles. The van der Waals surface area contributed by atoms with Crippen molar-refractivity contribution in [1.82, 2.24) is 5.43 Å². The Morgan fingerprint density at radius 2 is 2.00 bits per heavy atom. The van der Waals surface area contributed by atoms with Crippen LogP contribution in [0.4, 0.5) is 0 Å². The second-order valence-electron chi connectivity index (χ2n) is 5.40. The van der Waals surface area contributed by atoms with E-state index in [0.717, 1.165) is 15.6 Å². The van der Waals surface area contributed by atoms with Gasteiger partial charge in [-0.25, -0.2) is 5.43 Å². The Balaban J connectivity index is 1.86. The minimum atomic E-state index is -0.367. The van der Waals surface area contributed by atoms with E-state index in [1.807, 2.05) is 25.1 Å². The molecule has 0 aliphatic heterocycles. The van der Waals surface area contributed by atoms with Crippen molar-refractivity contribution in [1.29, 1.82) is 0 Å². The van der Waals surface area contributed by atoms with E-state index >= 15 is 0 Å². The number of nitrogens with one attached hydrogen (secondary N) is 1. The van der Waals surface area contributed by atoms with Gasteiger partial charge in [0.2, 0.25) is 0 Å². The minimum Gasteiger partial charge on any atom is -0.507 e. The summed E-state index contributed by atoms with van der Waals surface area (Å²) in [7, 11) is 0. The maximum atomic E-state index is 12.4. The molecule has 0 saturated carbocycles. The van der Waals surface area contributed by atoms with Gasteiger partial charge >= 0.3 is 0 Å². The first kappa shape index (κ1) is 16.5. The van der Waals surface area contributed by atoms with Crippen LogP contribution in [0.1, 0.15) is 27.7 Å². The highest BCUT2D eigenvalue weighted by Crippen LogP contribution is 2.35. The number of benzene rings is 2. The number of carbonyl (C=O) groups excluding carboxylic acids is 1. The number of fused-ring (bicyclic) bond motifs is 1. The smallest absolute Gasteiger partial charge is 0.283 e. The Morgan fingerprint density at radius 3 is 2.75 bits per heavy atom. The molecule has 2 aromatic carbocycles. The fraction of sp³-hybridized carbons (Fsp3) is 0.111. The van der Waals surface area contributed by atoms with E-state index in [2.05, 4.69) is 10.5 Å². The van der Waals surface area contributed by atoms with E-state index in [9.17, 15) is 9.90 Å². The number of aromatic hydroxyl groups is 1. The zero-order valence-electron chi connectivity index (χ0n) is 13.1. The quantitative estimate of drug-likeness (QED) is 0.525. The lowest BCUT2D eigenvalue weighted by molar-refractivity contribution is 0.0959. The van der Waals surface area contributed by atoms with Gasteiger partial charge in [-0.1, -0.05) is 35.9 Å². The van der Waals surface area contributed by atoms with E-state index in [1.165, 1.54) is 11.3 Å². The van der Waals surface area contributed by atoms with Gasteiger partial charge in [0, 0.05) is 15.6 Å². The molecule has 0 bridgehead atoms. The van der Waals surface area contributed by atoms with Crippen molar-refractivity contribution in [2.45, 2.75) is 13.8 Å². The van der Waals surface area contributed by atoms with Crippen molar-refractivity contribution in [3.05, 3.63) is 63.5 Å². The van der Waals surface area contributed by atoms with Gasteiger partial charge in [-0.05, 0) is 37.6 Å². The summed E-state index contributed by atoms with van der Waals surface area (Å²) in [6.07, 6.45) is 0. The summed E-state index contributed by atoms with van der Waals surface area (Å²) in [4.78, 5) is 12.8. The number of carbonyl (C=O) groups is 1. The first-order chi connectivity index (χ1) is 11.5. The van der Waals surface area contributed by atoms with Crippen molar-refractivity contribution in [3.63, 3.8) is 0 Å². The topological polar surface area (TPSA) is 61.7 Å². The molecule has 1 aromatic heterocycles. The molecule has 1 heterocycles. The highest BCUT2D eigenvalue weighted by atomic mass is 35.5. The third kappa shape index (κ3) is 3.13. The number of rotatable bonds is 3. The summed E-state index contributed by atoms with van der Waals surface area (Å²) in [5, 5.41) is 15.2. The molecular weight excluding hydrogens is 344 g/mol. The van der Waals surface area contributed by atoms with Crippen LogP contribution in [0.15, 0.2) is 47.6 Å². The van der Waals surface area contributed by atoms with Crippen molar-refractivity contribution in [2.24, 2.45) is 5.10 Å². The molecule has 6 heteroatoms. The molecule has 0 radical (unpaired) electrons. The predicted octanol–water partition coefficient (Wildman–Crippen LogP) is 4.72. The minimum absolute atomic E-state index is 0.114. The molecule has 0 atom stereocenters. The lowest BCUT2D eigenvalue weighted by atomic mass is 10.1. The standard InChI is InChI=1S/C18H15ClN2O2S/c1-10-7-8-13-15(9-10)24-17(16(13)19)18(23)21-20-11(2)12-5-3-4-6-14(12)22/h3-9,22H,1-2H3,(H,21,23)/b20-11+. The lowest BCUT2D eigenvalue weighted by Gasteiger charge is -2.04. The lowest BCUT2D eigenvalue weighted by Crippen LogP contribution is -2.18. The molecule has 0 fully saturated rings. The first-order valence-corrected chi connectivity index (χ1v) is 8.48. The van der Waals surface area contributed by atoms with Crippen LogP contribution >= 0.6 is 22.9 Å². The van der Waals surface area contributed by atoms with Gasteiger partial charge in [-0.3, -0.25) is 4.79 Å². The number of hydrogen-bond donors (Lipinski definition) is 2. The fourth-order valence-corrected chi connectivity index (χ4v) is 3.85. The maximum absolute atomic E-state index is 12.4. The zero-order chi connectivity index (χ0) is 17.3. The van der Waals surface area contributed by atoms with Gasteiger partial charge in [0.1, 0.15) is 10.6 Å². The number of aryl methyl sites for hydroxylation is 1. The van der Waals surface area contributed by atoms with E-state index in [0.29, 0.717) is 21.2 Å². The molecule has 1 amide bonds. The van der Waals surface area contributed by atoms with Gasteiger partial charge in [0.05, 0.1) is 10.7 Å². The van der Waals surface area contributed by atoms with Crippen molar-refractivity contribution >= 4 is 44.6 Å². The van der Waals surface area contributed by atoms with Crippen molar-refractivity contribution < 1.29 is 9.90 Å². The fourth-order valence-electron chi connectivity index (χ4n) is 2.34. The van der Waals surface area contributed by atoms with Crippen LogP contribution in [0, 0.1) is 6.92 Å². The summed E-state index contributed by atoms with van der Waals surface area (Å²) in [5.74, 6) is -0.253. The predicted molar refractivity (Wildman–Crippen MR) is 99.4 cm³/mol. The maximum Gasteiger partial charge on any atom is 0.283 e. The first-order valence-electron chi connectivity index (χ1n) is 7.29. The highest BCUT2D eigenvalue weighted by Gasteiger charge is 2.17. The number of nitrogens with zero attached hydrogens (tertiary/aromatic N) is 1. The molecule has 4 nitrogen and oxygen atoms in total. The molecule has 3 rings (SSSR count). The molecular formula is C18H15ClN2O2S. The third-order valence-electron chi connectivity index (χ3n) is 3.61. The number of phenolic OH excluding ortho intramolecular Hbond substituents is 1. The van der Waals surface area contributed by atoms with Crippen molar-refractivity contribution in [2.75, 3.05) is 0 Å². The number of para-hydroxylation sites is 1. The molecule has 0 unspecified atom stereocenters. The number of halogens is 1. The zero-order valence-corrected chi connectivity index (χ0v) is 14.7. The van der Waals surface area contributed by atoms with Gasteiger partial charge in [-0.15, -0.1) is 11.3 Å². The summed E-state index contributed by atoms with van der Waals surface area (Å²) < 4.78 is 0.964. The number of hydrazone groups is 1. The summed E-state index contributed by atoms with van der Waals surface area (Å²) >= 11 is 7.66. The van der Waals surface area contributed by atoms with E-state index < -0.39 is 0 Å². The molecule has 0 spiro atoms. The van der Waals surface area contributed by atoms with Crippen LogP contribution in [0.25, 0.3) is 10.1 Å². The number of phenols is 1. The van der Waals surface area contributed by atoms with Gasteiger partial charge < -0.3 is 5.11 Å². The highest BCUT2D eigenvalue weighted by molar-refractivity contribution is 7.21. The van der Waals surface area contributed by atoms with Crippen LogP contribution in [-0.2, 0) is 0 Å². The normalized spacial score (nSPS) is 11.7. The molecule has 122 valence electrons. The molecule has 24 heavy (non-hydrogen) atoms. The van der Waals surface area contributed by atoms with Gasteiger partial charge in [0.15, 0.2) is 0 Å². The van der Waals surface area contributed by atoms with Gasteiger partial charge in [0.25, 0.3) is 5.91 Å². The van der Waals surface area contributed by atoms with Crippen LogP contribution < -0.4 is 5.43 Å². The molecule has 0 saturated heterocycles. The monoisotopic (exact) mass is 358 g/mol. The van der Waals surface area contributed by atoms with Gasteiger partial charge in [-0.2, -0.15) is 5.10 Å². The average Bonchev–Trinajstić information content (AvgIpc) is 2.89. The average molecular weight is 359 g/mol. The second-order valence-corrected chi connectivity index (χ2v) is 6.83. The Bertz CT molecular complexity index is 963. The number of hydrogen-bond acceptors (Lipinski definition) is 4. The van der Waals surface area contributed by atoms with Crippen LogP contribution in [0.2, 0.25) is 5.02 Å². The summed E-state index contributed by atoms with van der Waals surface area (Å²) in [6.45, 7) is 3.71. The molecule has 2 N–H and O–H groups in total. The van der Waals surface area contributed by atoms with Crippen LogP contribution in [0.3, 0.4) is 0 Å². The Hall–Kier alpha value is -2.37. The third-order valence-corrected chi connectivity index (χ3v) is 5.27. The number of thiophene rings is 1. The van der Waals surface area contributed by atoms with Crippen LogP contribution in [0.5, 0.6) is 5.75 Å². The van der Waals surface area contributed by atoms with E-state index in [-0.39, 0.29) is 11.7 Å².